The second kappa shape index (κ2) is 7.53. The topological polar surface area (TPSA) is 36.4 Å². The Morgan fingerprint density at radius 1 is 1.04 bits per heavy atom. The number of carbonyl (C=O) groups excluding carboxylic acids is 1. The van der Waals surface area contributed by atoms with Crippen molar-refractivity contribution in [2.75, 3.05) is 31.1 Å². The zero-order valence-corrected chi connectivity index (χ0v) is 16.5. The molecule has 1 amide bonds. The highest BCUT2D eigenvalue weighted by atomic mass is 32.1. The van der Waals surface area contributed by atoms with Gasteiger partial charge in [0.2, 0.25) is 5.91 Å². The maximum absolute atomic E-state index is 12.4. The molecular weight excluding hydrogens is 354 g/mol. The SMILES string of the molecule is Cc1ccc2sc(N3CCN(C(=O)/C=C/c4ccccc4)CC3)nc2c1C. The van der Waals surface area contributed by atoms with Gasteiger partial charge in [0.1, 0.15) is 0 Å². The number of aromatic nitrogens is 1. The van der Waals surface area contributed by atoms with Crippen LogP contribution in [-0.2, 0) is 4.79 Å². The van der Waals surface area contributed by atoms with Gasteiger partial charge in [-0.15, -0.1) is 0 Å². The minimum atomic E-state index is 0.0780. The van der Waals surface area contributed by atoms with Crippen molar-refractivity contribution in [2.45, 2.75) is 13.8 Å². The zero-order chi connectivity index (χ0) is 18.8. The summed E-state index contributed by atoms with van der Waals surface area (Å²) in [6.45, 7) is 7.36. The maximum Gasteiger partial charge on any atom is 0.246 e. The Bertz CT molecular complexity index is 985. The fourth-order valence-electron chi connectivity index (χ4n) is 3.30. The summed E-state index contributed by atoms with van der Waals surface area (Å²) in [6, 6.07) is 14.2. The van der Waals surface area contributed by atoms with Crippen molar-refractivity contribution in [3.05, 3.63) is 65.2 Å². The maximum atomic E-state index is 12.4. The van der Waals surface area contributed by atoms with Gasteiger partial charge in [-0.25, -0.2) is 4.98 Å². The van der Waals surface area contributed by atoms with E-state index in [1.807, 2.05) is 41.3 Å². The first-order valence-electron chi connectivity index (χ1n) is 9.25. The van der Waals surface area contributed by atoms with Crippen molar-refractivity contribution < 1.29 is 4.79 Å². The first kappa shape index (κ1) is 17.7. The van der Waals surface area contributed by atoms with Crippen LogP contribution < -0.4 is 4.90 Å². The molecule has 0 aliphatic carbocycles. The van der Waals surface area contributed by atoms with Crippen molar-refractivity contribution in [2.24, 2.45) is 0 Å². The Morgan fingerprint density at radius 3 is 2.52 bits per heavy atom. The summed E-state index contributed by atoms with van der Waals surface area (Å²) >= 11 is 1.74. The molecule has 1 aliphatic rings. The second-order valence-corrected chi connectivity index (χ2v) is 7.92. The van der Waals surface area contributed by atoms with Gasteiger partial charge in [-0.2, -0.15) is 0 Å². The highest BCUT2D eigenvalue weighted by Crippen LogP contribution is 2.32. The number of aryl methyl sites for hydroxylation is 2. The van der Waals surface area contributed by atoms with Gasteiger partial charge in [-0.05, 0) is 42.7 Å². The van der Waals surface area contributed by atoms with Gasteiger partial charge < -0.3 is 9.80 Å². The molecule has 0 bridgehead atoms. The number of fused-ring (bicyclic) bond motifs is 1. The van der Waals surface area contributed by atoms with Crippen LogP contribution in [-0.4, -0.2) is 42.0 Å². The van der Waals surface area contributed by atoms with E-state index in [1.54, 1.807) is 17.4 Å². The number of carbonyl (C=O) groups is 1. The summed E-state index contributed by atoms with van der Waals surface area (Å²) in [5.41, 5.74) is 4.69. The van der Waals surface area contributed by atoms with Gasteiger partial charge in [-0.1, -0.05) is 47.7 Å². The molecule has 3 aromatic rings. The van der Waals surface area contributed by atoms with Crippen LogP contribution in [0.25, 0.3) is 16.3 Å². The molecule has 0 radical (unpaired) electrons. The molecule has 2 aromatic carbocycles. The lowest BCUT2D eigenvalue weighted by Gasteiger charge is -2.34. The Morgan fingerprint density at radius 2 is 1.78 bits per heavy atom. The molecule has 1 aliphatic heterocycles. The molecule has 0 atom stereocenters. The average Bonchev–Trinajstić information content (AvgIpc) is 3.15. The van der Waals surface area contributed by atoms with Gasteiger partial charge in [0.25, 0.3) is 0 Å². The molecule has 0 spiro atoms. The number of benzene rings is 2. The van der Waals surface area contributed by atoms with Gasteiger partial charge in [0.15, 0.2) is 5.13 Å². The third-order valence-electron chi connectivity index (χ3n) is 5.15. The summed E-state index contributed by atoms with van der Waals surface area (Å²) in [5, 5.41) is 1.06. The van der Waals surface area contributed by atoms with Crippen molar-refractivity contribution in [3.8, 4) is 0 Å². The minimum Gasteiger partial charge on any atom is -0.345 e. The van der Waals surface area contributed by atoms with Crippen molar-refractivity contribution in [1.82, 2.24) is 9.88 Å². The lowest BCUT2D eigenvalue weighted by Crippen LogP contribution is -2.48. The van der Waals surface area contributed by atoms with Gasteiger partial charge in [0.05, 0.1) is 10.2 Å². The first-order valence-corrected chi connectivity index (χ1v) is 10.1. The van der Waals surface area contributed by atoms with Gasteiger partial charge in [0, 0.05) is 32.3 Å². The highest BCUT2D eigenvalue weighted by Gasteiger charge is 2.22. The molecule has 0 saturated carbocycles. The molecule has 138 valence electrons. The zero-order valence-electron chi connectivity index (χ0n) is 15.7. The van der Waals surface area contributed by atoms with Crippen LogP contribution >= 0.6 is 11.3 Å². The average molecular weight is 378 g/mol. The summed E-state index contributed by atoms with van der Waals surface area (Å²) < 4.78 is 1.23. The number of nitrogens with zero attached hydrogens (tertiary/aromatic N) is 3. The third-order valence-corrected chi connectivity index (χ3v) is 6.23. The number of rotatable bonds is 3. The highest BCUT2D eigenvalue weighted by molar-refractivity contribution is 7.22. The number of anilines is 1. The van der Waals surface area contributed by atoms with E-state index in [-0.39, 0.29) is 5.91 Å². The molecule has 0 unspecified atom stereocenters. The number of hydrogen-bond donors (Lipinski definition) is 0. The Balaban J connectivity index is 1.41. The lowest BCUT2D eigenvalue weighted by molar-refractivity contribution is -0.126. The molecule has 2 heterocycles. The Hall–Kier alpha value is -2.66. The predicted molar refractivity (Wildman–Crippen MR) is 113 cm³/mol. The van der Waals surface area contributed by atoms with E-state index in [2.05, 4.69) is 30.9 Å². The Labute approximate surface area is 163 Å². The van der Waals surface area contributed by atoms with E-state index >= 15 is 0 Å². The van der Waals surface area contributed by atoms with Crippen LogP contribution in [0.3, 0.4) is 0 Å². The summed E-state index contributed by atoms with van der Waals surface area (Å²) in [6.07, 6.45) is 3.56. The van der Waals surface area contributed by atoms with E-state index in [0.717, 1.165) is 42.4 Å². The molecule has 5 heteroatoms. The normalized spacial score (nSPS) is 15.0. The fourth-order valence-corrected chi connectivity index (χ4v) is 4.38. The van der Waals surface area contributed by atoms with E-state index in [0.29, 0.717) is 0 Å². The Kier molecular flexibility index (Phi) is 4.94. The van der Waals surface area contributed by atoms with Crippen LogP contribution in [0.4, 0.5) is 5.13 Å². The smallest absolute Gasteiger partial charge is 0.246 e. The van der Waals surface area contributed by atoms with Gasteiger partial charge in [-0.3, -0.25) is 4.79 Å². The molecule has 4 rings (SSSR count). The molecule has 27 heavy (non-hydrogen) atoms. The molecule has 4 nitrogen and oxygen atoms in total. The number of piperazine rings is 1. The first-order chi connectivity index (χ1) is 13.1. The number of hydrogen-bond acceptors (Lipinski definition) is 4. The number of amides is 1. The van der Waals surface area contributed by atoms with E-state index in [4.69, 9.17) is 4.98 Å². The van der Waals surface area contributed by atoms with Gasteiger partial charge >= 0.3 is 0 Å². The van der Waals surface area contributed by atoms with Crippen LogP contribution in [0, 0.1) is 13.8 Å². The van der Waals surface area contributed by atoms with E-state index < -0.39 is 0 Å². The van der Waals surface area contributed by atoms with Crippen LogP contribution in [0.2, 0.25) is 0 Å². The largest absolute Gasteiger partial charge is 0.345 e. The molecular formula is C22H23N3OS. The van der Waals surface area contributed by atoms with Crippen LogP contribution in [0.5, 0.6) is 0 Å². The van der Waals surface area contributed by atoms with E-state index in [1.165, 1.54) is 15.8 Å². The quantitative estimate of drug-likeness (QED) is 0.640. The second-order valence-electron chi connectivity index (χ2n) is 6.91. The monoisotopic (exact) mass is 377 g/mol. The number of thiazole rings is 1. The molecule has 1 aromatic heterocycles. The molecule has 1 fully saturated rings. The van der Waals surface area contributed by atoms with Crippen molar-refractivity contribution in [1.29, 1.82) is 0 Å². The summed E-state index contributed by atoms with van der Waals surface area (Å²) in [5.74, 6) is 0.0780. The van der Waals surface area contributed by atoms with Crippen LogP contribution in [0.15, 0.2) is 48.5 Å². The lowest BCUT2D eigenvalue weighted by atomic mass is 10.1. The summed E-state index contributed by atoms with van der Waals surface area (Å²) in [7, 11) is 0. The fraction of sp³-hybridized carbons (Fsp3) is 0.273. The van der Waals surface area contributed by atoms with Crippen LogP contribution in [0.1, 0.15) is 16.7 Å². The molecule has 0 N–H and O–H groups in total. The standard InChI is InChI=1S/C22H23N3OS/c1-16-8-10-19-21(17(16)2)23-22(27-19)25-14-12-24(13-15-25)20(26)11-9-18-6-4-3-5-7-18/h3-11H,12-15H2,1-2H3/b11-9+. The van der Waals surface area contributed by atoms with E-state index in [9.17, 15) is 4.79 Å². The minimum absolute atomic E-state index is 0.0780. The molecule has 1 saturated heterocycles. The predicted octanol–water partition coefficient (Wildman–Crippen LogP) is 4.28. The van der Waals surface area contributed by atoms with Crippen molar-refractivity contribution in [3.63, 3.8) is 0 Å². The van der Waals surface area contributed by atoms with Crippen molar-refractivity contribution >= 4 is 38.7 Å². The summed E-state index contributed by atoms with van der Waals surface area (Å²) in [4.78, 5) is 21.5. The third kappa shape index (κ3) is 3.74.